The highest BCUT2D eigenvalue weighted by Gasteiger charge is 2.12. The third kappa shape index (κ3) is 2.44. The van der Waals surface area contributed by atoms with Crippen molar-refractivity contribution < 1.29 is 10.0 Å². The lowest BCUT2D eigenvalue weighted by atomic mass is 10.1. The van der Waals surface area contributed by atoms with Gasteiger partial charge in [-0.2, -0.15) is 0 Å². The van der Waals surface area contributed by atoms with Gasteiger partial charge in [-0.05, 0) is 12.1 Å². The lowest BCUT2D eigenvalue weighted by Crippen LogP contribution is -1.89. The van der Waals surface area contributed by atoms with E-state index in [4.69, 9.17) is 16.7 Å². The Morgan fingerprint density at radius 3 is 2.59 bits per heavy atom. The van der Waals surface area contributed by atoms with Crippen LogP contribution in [0, 0.1) is 10.1 Å². The molecule has 0 saturated carbocycles. The molecule has 1 aromatic heterocycles. The van der Waals surface area contributed by atoms with Crippen LogP contribution in [0.4, 0.5) is 5.69 Å². The Labute approximate surface area is 105 Å². The van der Waals surface area contributed by atoms with Crippen molar-refractivity contribution in [2.24, 2.45) is 0 Å². The van der Waals surface area contributed by atoms with Gasteiger partial charge in [-0.25, -0.2) is 4.98 Å². The zero-order valence-corrected chi connectivity index (χ0v) is 10.0. The lowest BCUT2D eigenvalue weighted by Gasteiger charge is -1.99. The molecule has 0 spiro atoms. The Hall–Kier alpha value is -1.50. The van der Waals surface area contributed by atoms with Gasteiger partial charge in [0.2, 0.25) is 0 Å². The first-order valence-corrected chi connectivity index (χ1v) is 5.82. The molecule has 7 heteroatoms. The molecule has 1 N–H and O–H groups in total. The van der Waals surface area contributed by atoms with E-state index in [-0.39, 0.29) is 12.3 Å². The molecule has 0 aliphatic rings. The fourth-order valence-electron chi connectivity index (χ4n) is 1.40. The molecule has 0 bridgehead atoms. The van der Waals surface area contributed by atoms with Gasteiger partial charge in [0.1, 0.15) is 0 Å². The van der Waals surface area contributed by atoms with Crippen LogP contribution in [0.15, 0.2) is 24.3 Å². The van der Waals surface area contributed by atoms with Gasteiger partial charge in [0.15, 0.2) is 4.47 Å². The highest BCUT2D eigenvalue weighted by molar-refractivity contribution is 7.16. The molecule has 17 heavy (non-hydrogen) atoms. The zero-order chi connectivity index (χ0) is 12.4. The molecule has 0 amide bonds. The number of nitro groups is 1. The largest absolute Gasteiger partial charge is 0.391 e. The maximum Gasteiger partial charge on any atom is 0.269 e. The van der Waals surface area contributed by atoms with Crippen LogP contribution in [-0.4, -0.2) is 15.0 Å². The van der Waals surface area contributed by atoms with Crippen molar-refractivity contribution in [2.45, 2.75) is 6.61 Å². The summed E-state index contributed by atoms with van der Waals surface area (Å²) in [7, 11) is 0. The zero-order valence-electron chi connectivity index (χ0n) is 8.46. The number of nitro benzene ring substituents is 1. The molecule has 0 radical (unpaired) electrons. The second kappa shape index (κ2) is 4.79. The number of aromatic nitrogens is 1. The van der Waals surface area contributed by atoms with E-state index in [0.717, 1.165) is 0 Å². The maximum absolute atomic E-state index is 10.5. The quantitative estimate of drug-likeness (QED) is 0.687. The lowest BCUT2D eigenvalue weighted by molar-refractivity contribution is -0.384. The molecular formula is C10H7ClN2O3S. The SMILES string of the molecule is O=[N+]([O-])c1ccc(-c2nc(Cl)sc2CO)cc1. The number of nitrogens with zero attached hydrogens (tertiary/aromatic N) is 2. The van der Waals surface area contributed by atoms with Crippen molar-refractivity contribution in [3.8, 4) is 11.3 Å². The molecule has 0 aliphatic heterocycles. The second-order valence-corrected chi connectivity index (χ2v) is 4.87. The monoisotopic (exact) mass is 270 g/mol. The molecule has 5 nitrogen and oxygen atoms in total. The van der Waals surface area contributed by atoms with Crippen LogP contribution in [0.2, 0.25) is 4.47 Å². The van der Waals surface area contributed by atoms with Crippen LogP contribution in [0.5, 0.6) is 0 Å². The van der Waals surface area contributed by atoms with Crippen molar-refractivity contribution >= 4 is 28.6 Å². The summed E-state index contributed by atoms with van der Waals surface area (Å²) in [5.74, 6) is 0. The molecule has 0 aliphatic carbocycles. The average molecular weight is 271 g/mol. The van der Waals surface area contributed by atoms with Crippen LogP contribution in [0.1, 0.15) is 4.88 Å². The Morgan fingerprint density at radius 1 is 1.41 bits per heavy atom. The van der Waals surface area contributed by atoms with E-state index in [0.29, 0.717) is 20.6 Å². The Morgan fingerprint density at radius 2 is 2.06 bits per heavy atom. The molecule has 0 saturated heterocycles. The topological polar surface area (TPSA) is 76.3 Å². The standard InChI is InChI=1S/C10H7ClN2O3S/c11-10-12-9(8(5-14)17-10)6-1-3-7(4-2-6)13(15)16/h1-4,14H,5H2. The number of rotatable bonds is 3. The van der Waals surface area contributed by atoms with E-state index in [1.807, 2.05) is 0 Å². The second-order valence-electron chi connectivity index (χ2n) is 3.20. The first kappa shape index (κ1) is 12.0. The van der Waals surface area contributed by atoms with Crippen molar-refractivity contribution in [3.63, 3.8) is 0 Å². The summed E-state index contributed by atoms with van der Waals surface area (Å²) < 4.78 is 0.336. The Kier molecular flexibility index (Phi) is 3.37. The highest BCUT2D eigenvalue weighted by atomic mass is 35.5. The highest BCUT2D eigenvalue weighted by Crippen LogP contribution is 2.31. The van der Waals surface area contributed by atoms with Gasteiger partial charge >= 0.3 is 0 Å². The van der Waals surface area contributed by atoms with Gasteiger partial charge < -0.3 is 5.11 Å². The third-order valence-electron chi connectivity index (χ3n) is 2.17. The van der Waals surface area contributed by atoms with Crippen LogP contribution in [-0.2, 0) is 6.61 Å². The summed E-state index contributed by atoms with van der Waals surface area (Å²) in [4.78, 5) is 14.8. The minimum atomic E-state index is -0.468. The number of aliphatic hydroxyl groups excluding tert-OH is 1. The van der Waals surface area contributed by atoms with E-state index in [2.05, 4.69) is 4.98 Å². The van der Waals surface area contributed by atoms with Crippen molar-refractivity contribution in [3.05, 3.63) is 43.7 Å². The molecular weight excluding hydrogens is 264 g/mol. The van der Waals surface area contributed by atoms with E-state index < -0.39 is 4.92 Å². The van der Waals surface area contributed by atoms with Crippen LogP contribution >= 0.6 is 22.9 Å². The maximum atomic E-state index is 10.5. The average Bonchev–Trinajstić information content (AvgIpc) is 2.70. The number of halogens is 1. The molecule has 0 unspecified atom stereocenters. The van der Waals surface area contributed by atoms with E-state index in [9.17, 15) is 10.1 Å². The van der Waals surface area contributed by atoms with Crippen molar-refractivity contribution in [1.29, 1.82) is 0 Å². The number of hydrogen-bond acceptors (Lipinski definition) is 5. The summed E-state index contributed by atoms with van der Waals surface area (Å²) in [6.45, 7) is -0.156. The number of aliphatic hydroxyl groups is 1. The molecule has 2 rings (SSSR count). The first-order chi connectivity index (χ1) is 8.11. The molecule has 0 atom stereocenters. The molecule has 0 fully saturated rings. The third-order valence-corrected chi connectivity index (χ3v) is 3.31. The minimum Gasteiger partial charge on any atom is -0.391 e. The summed E-state index contributed by atoms with van der Waals surface area (Å²) in [5.41, 5.74) is 1.28. The Bertz CT molecular complexity index is 553. The van der Waals surface area contributed by atoms with Crippen LogP contribution in [0.25, 0.3) is 11.3 Å². The van der Waals surface area contributed by atoms with Gasteiger partial charge in [-0.3, -0.25) is 10.1 Å². The van der Waals surface area contributed by atoms with E-state index in [1.54, 1.807) is 12.1 Å². The predicted molar refractivity (Wildman–Crippen MR) is 65.1 cm³/mol. The van der Waals surface area contributed by atoms with Crippen molar-refractivity contribution in [2.75, 3.05) is 0 Å². The van der Waals surface area contributed by atoms with Gasteiger partial charge in [-0.1, -0.05) is 11.6 Å². The van der Waals surface area contributed by atoms with E-state index in [1.165, 1.54) is 23.5 Å². The molecule has 2 aromatic rings. The number of thiazole rings is 1. The normalized spacial score (nSPS) is 10.5. The number of non-ortho nitro benzene ring substituents is 1. The Balaban J connectivity index is 2.42. The molecule has 88 valence electrons. The van der Waals surface area contributed by atoms with Gasteiger partial charge in [0.05, 0.1) is 22.1 Å². The van der Waals surface area contributed by atoms with E-state index >= 15 is 0 Å². The number of benzene rings is 1. The fraction of sp³-hybridized carbons (Fsp3) is 0.100. The van der Waals surface area contributed by atoms with Crippen LogP contribution < -0.4 is 0 Å². The first-order valence-electron chi connectivity index (χ1n) is 4.62. The summed E-state index contributed by atoms with van der Waals surface area (Å²) >= 11 is 6.95. The predicted octanol–water partition coefficient (Wildman–Crippen LogP) is 2.86. The van der Waals surface area contributed by atoms with Crippen LogP contribution in [0.3, 0.4) is 0 Å². The summed E-state index contributed by atoms with van der Waals surface area (Å²) in [6, 6.07) is 5.96. The number of hydrogen-bond donors (Lipinski definition) is 1. The smallest absolute Gasteiger partial charge is 0.269 e. The molecule has 1 aromatic carbocycles. The van der Waals surface area contributed by atoms with Gasteiger partial charge in [-0.15, -0.1) is 11.3 Å². The summed E-state index contributed by atoms with van der Waals surface area (Å²) in [5, 5.41) is 19.6. The van der Waals surface area contributed by atoms with Crippen molar-refractivity contribution in [1.82, 2.24) is 4.98 Å². The minimum absolute atomic E-state index is 0.0145. The van der Waals surface area contributed by atoms with Gasteiger partial charge in [0, 0.05) is 17.7 Å². The molecule has 1 heterocycles. The fourth-order valence-corrected chi connectivity index (χ4v) is 2.43. The van der Waals surface area contributed by atoms with Gasteiger partial charge in [0.25, 0.3) is 5.69 Å². The summed E-state index contributed by atoms with van der Waals surface area (Å²) in [6.07, 6.45) is 0.